The summed E-state index contributed by atoms with van der Waals surface area (Å²) in [5.74, 6) is 0.859. The van der Waals surface area contributed by atoms with Crippen molar-refractivity contribution >= 4 is 23.8 Å². The van der Waals surface area contributed by atoms with Gasteiger partial charge in [0.2, 0.25) is 0 Å². The van der Waals surface area contributed by atoms with Gasteiger partial charge in [0.25, 0.3) is 0 Å². The molecule has 0 radical (unpaired) electrons. The van der Waals surface area contributed by atoms with Gasteiger partial charge in [0.05, 0.1) is 6.67 Å². The van der Waals surface area contributed by atoms with Gasteiger partial charge in [-0.1, -0.05) is 11.6 Å². The smallest absolute Gasteiger partial charge is 0.199 e. The predicted octanol–water partition coefficient (Wildman–Crippen LogP) is 3.44. The van der Waals surface area contributed by atoms with Gasteiger partial charge in [0, 0.05) is 62.8 Å². The van der Waals surface area contributed by atoms with Gasteiger partial charge in [-0.15, -0.1) is 0 Å². The lowest BCUT2D eigenvalue weighted by Gasteiger charge is -2.34. The molecule has 1 aliphatic heterocycles. The van der Waals surface area contributed by atoms with Crippen molar-refractivity contribution in [1.29, 1.82) is 0 Å². The molecule has 0 N–H and O–H groups in total. The van der Waals surface area contributed by atoms with Crippen molar-refractivity contribution in [3.63, 3.8) is 0 Å². The second kappa shape index (κ2) is 8.53. The third-order valence-corrected chi connectivity index (χ3v) is 5.83. The highest BCUT2D eigenvalue weighted by atomic mass is 35.5. The van der Waals surface area contributed by atoms with Crippen molar-refractivity contribution in [2.75, 3.05) is 26.2 Å². The van der Waals surface area contributed by atoms with E-state index in [-0.39, 0.29) is 0 Å². The lowest BCUT2D eigenvalue weighted by Crippen LogP contribution is -2.46. The molecule has 3 aromatic rings. The van der Waals surface area contributed by atoms with Crippen molar-refractivity contribution < 1.29 is 0 Å². The van der Waals surface area contributed by atoms with Gasteiger partial charge in [-0.2, -0.15) is 5.10 Å². The summed E-state index contributed by atoms with van der Waals surface area (Å²) in [5.41, 5.74) is 2.32. The Balaban J connectivity index is 1.39. The molecule has 1 aliphatic rings. The van der Waals surface area contributed by atoms with Crippen LogP contribution in [-0.2, 0) is 20.3 Å². The van der Waals surface area contributed by atoms with Crippen molar-refractivity contribution in [3.05, 3.63) is 64.1 Å². The van der Waals surface area contributed by atoms with Gasteiger partial charge < -0.3 is 4.57 Å². The molecule has 28 heavy (non-hydrogen) atoms. The number of hydrogen-bond donors (Lipinski definition) is 0. The van der Waals surface area contributed by atoms with Crippen LogP contribution in [0.5, 0.6) is 0 Å². The molecule has 3 heterocycles. The summed E-state index contributed by atoms with van der Waals surface area (Å²) in [6.07, 6.45) is 3.71. The van der Waals surface area contributed by atoms with Gasteiger partial charge >= 0.3 is 0 Å². The van der Waals surface area contributed by atoms with Gasteiger partial charge in [0.1, 0.15) is 0 Å². The molecule has 1 aromatic carbocycles. The van der Waals surface area contributed by atoms with Gasteiger partial charge in [0.15, 0.2) is 10.6 Å². The number of aromatic nitrogens is 4. The topological polar surface area (TPSA) is 42.1 Å². The molecule has 6 nitrogen and oxygen atoms in total. The molecule has 0 unspecified atom stereocenters. The molecule has 146 valence electrons. The van der Waals surface area contributed by atoms with E-state index in [1.165, 1.54) is 5.56 Å². The van der Waals surface area contributed by atoms with Crippen LogP contribution < -0.4 is 0 Å². The van der Waals surface area contributed by atoms with Gasteiger partial charge in [-0.3, -0.25) is 14.8 Å². The highest BCUT2D eigenvalue weighted by molar-refractivity contribution is 7.71. The molecule has 0 aliphatic carbocycles. The van der Waals surface area contributed by atoms with Crippen molar-refractivity contribution in [2.45, 2.75) is 13.2 Å². The van der Waals surface area contributed by atoms with Crippen molar-refractivity contribution in [2.24, 2.45) is 7.05 Å². The van der Waals surface area contributed by atoms with E-state index in [0.717, 1.165) is 48.9 Å². The molecular weight excluding hydrogens is 392 g/mol. The van der Waals surface area contributed by atoms with Crippen LogP contribution in [0.4, 0.5) is 0 Å². The van der Waals surface area contributed by atoms with Crippen molar-refractivity contribution in [3.8, 4) is 11.4 Å². The lowest BCUT2D eigenvalue weighted by molar-refractivity contribution is 0.0981. The highest BCUT2D eigenvalue weighted by Gasteiger charge is 2.19. The standard InChI is InChI=1S/C20H23ClN6S/c1-24-19(17-2-4-18(21)5-3-17)23-27(20(24)28)15-26-12-10-25(11-13-26)14-16-6-8-22-9-7-16/h2-9H,10-15H2,1H3. The highest BCUT2D eigenvalue weighted by Crippen LogP contribution is 2.20. The number of halogens is 1. The fourth-order valence-electron chi connectivity index (χ4n) is 3.46. The quantitative estimate of drug-likeness (QED) is 0.598. The average molecular weight is 415 g/mol. The van der Waals surface area contributed by atoms with Crippen LogP contribution in [0.1, 0.15) is 5.56 Å². The molecular formula is C20H23ClN6S. The van der Waals surface area contributed by atoms with Crippen LogP contribution in [0, 0.1) is 4.77 Å². The third-order valence-electron chi connectivity index (χ3n) is 5.10. The Kier molecular flexibility index (Phi) is 5.87. The molecule has 0 spiro atoms. The fourth-order valence-corrected chi connectivity index (χ4v) is 3.77. The molecule has 0 bridgehead atoms. The maximum Gasteiger partial charge on any atom is 0.199 e. The van der Waals surface area contributed by atoms with E-state index in [4.69, 9.17) is 28.9 Å². The molecule has 1 saturated heterocycles. The third kappa shape index (κ3) is 4.33. The number of pyridine rings is 1. The number of nitrogens with zero attached hydrogens (tertiary/aromatic N) is 6. The van der Waals surface area contributed by atoms with E-state index < -0.39 is 0 Å². The lowest BCUT2D eigenvalue weighted by atomic mass is 10.2. The SMILES string of the molecule is Cn1c(-c2ccc(Cl)cc2)nn(CN2CCN(Cc3ccncc3)CC2)c1=S. The van der Waals surface area contributed by atoms with E-state index in [1.54, 1.807) is 0 Å². The maximum absolute atomic E-state index is 6.00. The van der Waals surface area contributed by atoms with Gasteiger partial charge in [-0.25, -0.2) is 4.68 Å². The Morgan fingerprint density at radius 2 is 1.61 bits per heavy atom. The summed E-state index contributed by atoms with van der Waals surface area (Å²) < 4.78 is 4.60. The normalized spacial score (nSPS) is 15.8. The number of hydrogen-bond acceptors (Lipinski definition) is 5. The van der Waals surface area contributed by atoms with Crippen LogP contribution in [-0.4, -0.2) is 55.3 Å². The van der Waals surface area contributed by atoms with E-state index >= 15 is 0 Å². The number of piperazine rings is 1. The van der Waals surface area contributed by atoms with Gasteiger partial charge in [-0.05, 0) is 54.2 Å². The first-order chi connectivity index (χ1) is 13.6. The first-order valence-corrected chi connectivity index (χ1v) is 10.1. The fraction of sp³-hybridized carbons (Fsp3) is 0.350. The minimum Gasteiger partial charge on any atom is -0.303 e. The molecule has 4 rings (SSSR count). The van der Waals surface area contributed by atoms with Crippen LogP contribution in [0.25, 0.3) is 11.4 Å². The summed E-state index contributed by atoms with van der Waals surface area (Å²) in [4.78, 5) is 8.96. The summed E-state index contributed by atoms with van der Waals surface area (Å²) in [6.45, 7) is 5.75. The largest absolute Gasteiger partial charge is 0.303 e. The van der Waals surface area contributed by atoms with Crippen molar-refractivity contribution in [1.82, 2.24) is 29.1 Å². The summed E-state index contributed by atoms with van der Waals surface area (Å²) in [6, 6.07) is 11.9. The minimum absolute atomic E-state index is 0.712. The molecule has 2 aromatic heterocycles. The van der Waals surface area contributed by atoms with E-state index in [0.29, 0.717) is 11.7 Å². The Hall–Kier alpha value is -2.06. The second-order valence-corrected chi connectivity index (χ2v) is 7.86. The zero-order valence-electron chi connectivity index (χ0n) is 15.8. The number of benzene rings is 1. The molecule has 0 atom stereocenters. The Morgan fingerprint density at radius 1 is 0.964 bits per heavy atom. The zero-order chi connectivity index (χ0) is 19.5. The van der Waals surface area contributed by atoms with E-state index in [2.05, 4.69) is 26.9 Å². The van der Waals surface area contributed by atoms with Crippen LogP contribution in [0.15, 0.2) is 48.8 Å². The summed E-state index contributed by atoms with van der Waals surface area (Å²) in [5, 5.41) is 5.48. The molecule has 0 saturated carbocycles. The maximum atomic E-state index is 6.00. The van der Waals surface area contributed by atoms with Crippen LogP contribution >= 0.6 is 23.8 Å². The zero-order valence-corrected chi connectivity index (χ0v) is 17.4. The molecule has 1 fully saturated rings. The second-order valence-electron chi connectivity index (χ2n) is 7.06. The van der Waals surface area contributed by atoms with E-state index in [9.17, 15) is 0 Å². The Morgan fingerprint density at radius 3 is 2.29 bits per heavy atom. The van der Waals surface area contributed by atoms with E-state index in [1.807, 2.05) is 53.0 Å². The average Bonchev–Trinajstić information content (AvgIpc) is 2.99. The Bertz CT molecular complexity index is 974. The first kappa shape index (κ1) is 19.3. The molecule has 8 heteroatoms. The molecule has 0 amide bonds. The predicted molar refractivity (Wildman–Crippen MR) is 114 cm³/mol. The summed E-state index contributed by atoms with van der Waals surface area (Å²) in [7, 11) is 1.96. The first-order valence-electron chi connectivity index (χ1n) is 9.33. The summed E-state index contributed by atoms with van der Waals surface area (Å²) >= 11 is 11.6. The number of rotatable bonds is 5. The minimum atomic E-state index is 0.712. The Labute approximate surface area is 175 Å². The van der Waals surface area contributed by atoms with Crippen LogP contribution in [0.2, 0.25) is 5.02 Å². The van der Waals surface area contributed by atoms with Crippen LogP contribution in [0.3, 0.4) is 0 Å². The monoisotopic (exact) mass is 414 g/mol.